The van der Waals surface area contributed by atoms with E-state index in [0.29, 0.717) is 77.3 Å². The molecule has 7 nitrogen and oxygen atoms in total. The Bertz CT molecular complexity index is 1250. The number of carboxylic acid groups (broad SMARTS) is 1. The lowest BCUT2D eigenvalue weighted by Gasteiger charge is -2.26. The second-order valence-corrected chi connectivity index (χ2v) is 10.9. The number of carbonyl (C=O) groups excluding carboxylic acids is 1. The van der Waals surface area contributed by atoms with Crippen molar-refractivity contribution in [3.05, 3.63) is 58.5 Å². The molecule has 2 aromatic carbocycles. The van der Waals surface area contributed by atoms with Gasteiger partial charge in [0.2, 0.25) is 0 Å². The summed E-state index contributed by atoms with van der Waals surface area (Å²) in [7, 11) is 0. The number of thioether (sulfide) groups is 1. The average Bonchev–Trinajstić information content (AvgIpc) is 3.18. The summed E-state index contributed by atoms with van der Waals surface area (Å²) in [6.45, 7) is 4.62. The van der Waals surface area contributed by atoms with Gasteiger partial charge in [-0.15, -0.1) is 0 Å². The predicted octanol–water partition coefficient (Wildman–Crippen LogP) is 5.19. The third kappa shape index (κ3) is 8.07. The summed E-state index contributed by atoms with van der Waals surface area (Å²) < 4.78 is 39.4. The number of morpholine rings is 1. The molecule has 2 aliphatic rings. The molecular weight excluding hydrogens is 546 g/mol. The Kier molecular flexibility index (Phi) is 10.4. The first-order chi connectivity index (χ1) is 18.8. The zero-order chi connectivity index (χ0) is 27.8. The van der Waals surface area contributed by atoms with Crippen molar-refractivity contribution in [3.63, 3.8) is 0 Å². The Morgan fingerprint density at radius 2 is 1.79 bits per heavy atom. The lowest BCUT2D eigenvalue weighted by molar-refractivity contribution is -0.137. The van der Waals surface area contributed by atoms with Gasteiger partial charge in [-0.25, -0.2) is 8.78 Å². The van der Waals surface area contributed by atoms with Crippen LogP contribution in [0.3, 0.4) is 0 Å². The van der Waals surface area contributed by atoms with Crippen LogP contribution in [0.4, 0.5) is 8.78 Å². The zero-order valence-corrected chi connectivity index (χ0v) is 23.0. The highest BCUT2D eigenvalue weighted by molar-refractivity contribution is 8.26. The molecule has 4 rings (SSSR count). The van der Waals surface area contributed by atoms with Crippen LogP contribution in [0.5, 0.6) is 5.75 Å². The molecule has 1 N–H and O–H groups in total. The maximum atomic E-state index is 13.9. The number of ether oxygens (including phenoxy) is 2. The third-order valence-electron chi connectivity index (χ3n) is 6.46. The van der Waals surface area contributed by atoms with Crippen molar-refractivity contribution in [1.82, 2.24) is 9.80 Å². The van der Waals surface area contributed by atoms with E-state index in [0.717, 1.165) is 31.8 Å². The summed E-state index contributed by atoms with van der Waals surface area (Å²) in [5.41, 5.74) is 1.77. The first-order valence-corrected chi connectivity index (χ1v) is 14.0. The van der Waals surface area contributed by atoms with Crippen LogP contribution in [-0.4, -0.2) is 77.1 Å². The summed E-state index contributed by atoms with van der Waals surface area (Å²) in [5, 5.41) is 8.80. The number of thiocarbonyl (C=S) groups is 1. The fourth-order valence-electron chi connectivity index (χ4n) is 4.31. The molecule has 0 unspecified atom stereocenters. The van der Waals surface area contributed by atoms with E-state index in [4.69, 9.17) is 26.8 Å². The number of hydrogen-bond donors (Lipinski definition) is 1. The second kappa shape index (κ2) is 14.0. The Morgan fingerprint density at radius 1 is 1.05 bits per heavy atom. The molecule has 2 saturated heterocycles. The van der Waals surface area contributed by atoms with Gasteiger partial charge in [0.05, 0.1) is 18.1 Å². The fourth-order valence-corrected chi connectivity index (χ4v) is 5.61. The Hall–Kier alpha value is -2.86. The monoisotopic (exact) mass is 576 g/mol. The number of halogens is 2. The van der Waals surface area contributed by atoms with E-state index in [1.54, 1.807) is 24.3 Å². The minimum absolute atomic E-state index is 0.0981. The van der Waals surface area contributed by atoms with Crippen LogP contribution in [0.1, 0.15) is 31.2 Å². The highest BCUT2D eigenvalue weighted by atomic mass is 32.2. The number of rotatable bonds is 12. The number of unbranched alkanes of at least 4 members (excludes halogenated alkanes) is 2. The first-order valence-electron chi connectivity index (χ1n) is 12.8. The standard InChI is InChI=1S/C28H30F2N2O5S2/c29-22-7-5-20(17-23(22)30)19-6-8-24(37-15-12-31-10-13-36-14-11-31)21(16-19)18-25-27(35)32(28(38)39-25)9-3-1-2-4-26(33)34/h5-8,16-18H,1-4,9-15H2,(H,33,34). The van der Waals surface area contributed by atoms with Crippen molar-refractivity contribution >= 4 is 46.3 Å². The molecule has 0 aromatic heterocycles. The van der Waals surface area contributed by atoms with Gasteiger partial charge in [0, 0.05) is 38.2 Å². The summed E-state index contributed by atoms with van der Waals surface area (Å²) >= 11 is 6.64. The quantitative estimate of drug-likeness (QED) is 0.210. The van der Waals surface area contributed by atoms with Crippen LogP contribution >= 0.6 is 24.0 Å². The van der Waals surface area contributed by atoms with Gasteiger partial charge in [-0.2, -0.15) is 0 Å². The van der Waals surface area contributed by atoms with Gasteiger partial charge in [0.15, 0.2) is 11.6 Å². The number of aliphatic carboxylic acids is 1. The second-order valence-electron chi connectivity index (χ2n) is 9.22. The van der Waals surface area contributed by atoms with Crippen LogP contribution in [0, 0.1) is 11.6 Å². The molecule has 0 bridgehead atoms. The van der Waals surface area contributed by atoms with E-state index in [9.17, 15) is 18.4 Å². The molecule has 2 fully saturated rings. The van der Waals surface area contributed by atoms with Gasteiger partial charge in [0.1, 0.15) is 16.7 Å². The molecule has 39 heavy (non-hydrogen) atoms. The summed E-state index contributed by atoms with van der Waals surface area (Å²) in [5.74, 6) is -2.36. The van der Waals surface area contributed by atoms with Gasteiger partial charge in [-0.3, -0.25) is 19.4 Å². The molecule has 2 heterocycles. The number of hydrogen-bond acceptors (Lipinski definition) is 7. The zero-order valence-electron chi connectivity index (χ0n) is 21.4. The van der Waals surface area contributed by atoms with Crippen molar-refractivity contribution in [1.29, 1.82) is 0 Å². The van der Waals surface area contributed by atoms with Gasteiger partial charge in [-0.05, 0) is 54.3 Å². The van der Waals surface area contributed by atoms with Crippen LogP contribution in [-0.2, 0) is 14.3 Å². The van der Waals surface area contributed by atoms with E-state index in [-0.39, 0.29) is 12.3 Å². The molecule has 208 valence electrons. The van der Waals surface area contributed by atoms with Crippen molar-refractivity contribution in [2.45, 2.75) is 25.7 Å². The molecule has 0 spiro atoms. The van der Waals surface area contributed by atoms with Crippen molar-refractivity contribution in [2.24, 2.45) is 0 Å². The molecule has 2 aliphatic heterocycles. The average molecular weight is 577 g/mol. The maximum absolute atomic E-state index is 13.9. The summed E-state index contributed by atoms with van der Waals surface area (Å²) in [4.78, 5) is 28.1. The molecule has 0 saturated carbocycles. The Labute approximate surface area is 235 Å². The van der Waals surface area contributed by atoms with Crippen LogP contribution in [0.25, 0.3) is 17.2 Å². The fraction of sp³-hybridized carbons (Fsp3) is 0.393. The van der Waals surface area contributed by atoms with Crippen LogP contribution < -0.4 is 4.74 Å². The van der Waals surface area contributed by atoms with Crippen LogP contribution in [0.2, 0.25) is 0 Å². The van der Waals surface area contributed by atoms with E-state index in [1.165, 1.54) is 22.7 Å². The lowest BCUT2D eigenvalue weighted by Crippen LogP contribution is -2.38. The van der Waals surface area contributed by atoms with Crippen LogP contribution in [0.15, 0.2) is 41.3 Å². The van der Waals surface area contributed by atoms with E-state index in [2.05, 4.69) is 4.90 Å². The number of carbonyl (C=O) groups is 2. The van der Waals surface area contributed by atoms with E-state index < -0.39 is 17.6 Å². The van der Waals surface area contributed by atoms with Crippen molar-refractivity contribution in [2.75, 3.05) is 46.0 Å². The third-order valence-corrected chi connectivity index (χ3v) is 7.84. The predicted molar refractivity (Wildman–Crippen MR) is 151 cm³/mol. The molecule has 1 amide bonds. The first kappa shape index (κ1) is 29.1. The molecule has 0 atom stereocenters. The Morgan fingerprint density at radius 3 is 2.54 bits per heavy atom. The summed E-state index contributed by atoms with van der Waals surface area (Å²) in [6, 6.07) is 9.05. The summed E-state index contributed by atoms with van der Waals surface area (Å²) in [6.07, 6.45) is 3.69. The van der Waals surface area contributed by atoms with Gasteiger partial charge >= 0.3 is 5.97 Å². The molecule has 0 radical (unpaired) electrons. The van der Waals surface area contributed by atoms with Gasteiger partial charge < -0.3 is 14.6 Å². The molecular formula is C28H30F2N2O5S2. The normalized spacial score (nSPS) is 17.3. The van der Waals surface area contributed by atoms with E-state index >= 15 is 0 Å². The topological polar surface area (TPSA) is 79.3 Å². The largest absolute Gasteiger partial charge is 0.492 e. The smallest absolute Gasteiger partial charge is 0.303 e. The lowest BCUT2D eigenvalue weighted by atomic mass is 10.0. The minimum atomic E-state index is -0.941. The van der Waals surface area contributed by atoms with Crippen molar-refractivity contribution < 1.29 is 33.0 Å². The highest BCUT2D eigenvalue weighted by Crippen LogP contribution is 2.36. The maximum Gasteiger partial charge on any atom is 0.303 e. The number of benzene rings is 2. The van der Waals surface area contributed by atoms with Crippen molar-refractivity contribution in [3.8, 4) is 16.9 Å². The van der Waals surface area contributed by atoms with E-state index in [1.807, 2.05) is 0 Å². The minimum Gasteiger partial charge on any atom is -0.492 e. The SMILES string of the molecule is O=C(O)CCCCCN1C(=O)C(=Cc2cc(-c3ccc(F)c(F)c3)ccc2OCCN2CCOCC2)SC1=S. The number of amides is 1. The highest BCUT2D eigenvalue weighted by Gasteiger charge is 2.31. The molecule has 2 aromatic rings. The number of nitrogens with zero attached hydrogens (tertiary/aromatic N) is 2. The molecule has 11 heteroatoms. The number of carboxylic acids is 1. The van der Waals surface area contributed by atoms with Gasteiger partial charge in [0.25, 0.3) is 5.91 Å². The Balaban J connectivity index is 1.52. The van der Waals surface area contributed by atoms with Gasteiger partial charge in [-0.1, -0.05) is 42.5 Å². The molecule has 0 aliphatic carbocycles.